The molecule has 0 bridgehead atoms. The molecule has 1 saturated heterocycles. The Morgan fingerprint density at radius 2 is 1.97 bits per heavy atom. The molecule has 4 aromatic rings. The third kappa shape index (κ3) is 5.24. The zero-order chi connectivity index (χ0) is 23.7. The number of piperidine rings is 1. The summed E-state index contributed by atoms with van der Waals surface area (Å²) < 4.78 is 11.9. The number of likely N-dealkylation sites (tertiary alicyclic amines) is 1. The van der Waals surface area contributed by atoms with Gasteiger partial charge in [-0.25, -0.2) is 0 Å². The van der Waals surface area contributed by atoms with Crippen LogP contribution in [-0.2, 0) is 0 Å². The van der Waals surface area contributed by atoms with Crippen LogP contribution in [0.2, 0.25) is 10.0 Å². The molecule has 0 aliphatic carbocycles. The lowest BCUT2D eigenvalue weighted by Gasteiger charge is -2.33. The molecule has 2 aromatic carbocycles. The highest BCUT2D eigenvalue weighted by Crippen LogP contribution is 2.35. The van der Waals surface area contributed by atoms with Crippen LogP contribution in [-0.4, -0.2) is 52.5 Å². The summed E-state index contributed by atoms with van der Waals surface area (Å²) >= 11 is 13.7. The Morgan fingerprint density at radius 3 is 2.71 bits per heavy atom. The van der Waals surface area contributed by atoms with Crippen LogP contribution in [0.5, 0.6) is 5.75 Å². The summed E-state index contributed by atoms with van der Waals surface area (Å²) in [5.74, 6) is 1.82. The Bertz CT molecular complexity index is 1280. The van der Waals surface area contributed by atoms with E-state index in [0.717, 1.165) is 46.9 Å². The number of rotatable bonds is 7. The van der Waals surface area contributed by atoms with Crippen molar-refractivity contribution in [3.05, 3.63) is 63.1 Å². The van der Waals surface area contributed by atoms with E-state index in [0.29, 0.717) is 34.0 Å². The first-order chi connectivity index (χ1) is 16.5. The molecule has 178 valence electrons. The summed E-state index contributed by atoms with van der Waals surface area (Å²) in [5.41, 5.74) is 1.95. The molecular weight excluding hydrogens is 493 g/mol. The summed E-state index contributed by atoms with van der Waals surface area (Å²) in [6.45, 7) is 4.54. The minimum Gasteiger partial charge on any atom is -0.490 e. The normalized spacial score (nSPS) is 16.2. The van der Waals surface area contributed by atoms with Crippen LogP contribution in [0.1, 0.15) is 29.3 Å². The van der Waals surface area contributed by atoms with Gasteiger partial charge in [-0.1, -0.05) is 46.7 Å². The van der Waals surface area contributed by atoms with Crippen molar-refractivity contribution in [3.8, 4) is 16.5 Å². The maximum Gasteiger partial charge on any atom is 0.183 e. The van der Waals surface area contributed by atoms with Gasteiger partial charge in [-0.2, -0.15) is 0 Å². The zero-order valence-electron chi connectivity index (χ0n) is 18.7. The highest BCUT2D eigenvalue weighted by atomic mass is 35.5. The van der Waals surface area contributed by atoms with Gasteiger partial charge in [0.25, 0.3) is 0 Å². The van der Waals surface area contributed by atoms with E-state index < -0.39 is 6.10 Å². The van der Waals surface area contributed by atoms with E-state index in [1.54, 1.807) is 0 Å². The Labute approximate surface area is 212 Å². The van der Waals surface area contributed by atoms with E-state index in [4.69, 9.17) is 32.4 Å². The molecule has 1 aliphatic rings. The lowest BCUT2D eigenvalue weighted by molar-refractivity contribution is 0.0599. The first kappa shape index (κ1) is 23.6. The summed E-state index contributed by atoms with van der Waals surface area (Å²) in [5, 5.41) is 22.5. The maximum absolute atomic E-state index is 10.6. The molecule has 9 heteroatoms. The number of nitrogens with zero attached hydrogens (tertiary/aromatic N) is 3. The molecule has 1 N–H and O–H groups in total. The third-order valence-electron chi connectivity index (χ3n) is 6.16. The van der Waals surface area contributed by atoms with Crippen molar-refractivity contribution in [3.63, 3.8) is 0 Å². The average Bonchev–Trinajstić information content (AvgIpc) is 3.46. The average molecular weight is 518 g/mol. The number of fused-ring (bicyclic) bond motifs is 1. The molecular formula is C25H25Cl2N3O3S. The summed E-state index contributed by atoms with van der Waals surface area (Å²) in [6, 6.07) is 13.5. The van der Waals surface area contributed by atoms with Crippen LogP contribution in [0.4, 0.5) is 0 Å². The number of ether oxygens (including phenoxy) is 1. The second-order valence-electron chi connectivity index (χ2n) is 8.62. The minimum absolute atomic E-state index is 0.213. The van der Waals surface area contributed by atoms with Crippen LogP contribution in [0.3, 0.4) is 0 Å². The SMILES string of the molecule is Cc1nnc(-c2cc3c(OC[C@@H](O)CN4CCC(c5ccc(Cl)c(Cl)c5)CC4)cccc3o2)s1. The van der Waals surface area contributed by atoms with Crippen molar-refractivity contribution < 1.29 is 14.3 Å². The summed E-state index contributed by atoms with van der Waals surface area (Å²) in [6.07, 6.45) is 1.45. The van der Waals surface area contributed by atoms with Gasteiger partial charge < -0.3 is 19.2 Å². The second kappa shape index (κ2) is 10.2. The van der Waals surface area contributed by atoms with Crippen LogP contribution in [0, 0.1) is 6.92 Å². The van der Waals surface area contributed by atoms with Crippen LogP contribution < -0.4 is 4.74 Å². The predicted octanol–water partition coefficient (Wildman–Crippen LogP) is 6.19. The van der Waals surface area contributed by atoms with E-state index >= 15 is 0 Å². The standard InChI is InChI=1S/C25H25Cl2N3O3S/c1-15-28-29-25(34-15)24-12-19-22(3-2-4-23(19)33-24)32-14-18(31)13-30-9-7-16(8-10-30)17-5-6-20(26)21(27)11-17/h2-6,11-12,16,18,31H,7-10,13-14H2,1H3/t18-/m0/s1. The number of aliphatic hydroxyl groups excluding tert-OH is 1. The number of aliphatic hydroxyl groups is 1. The van der Waals surface area contributed by atoms with E-state index in [2.05, 4.69) is 21.2 Å². The van der Waals surface area contributed by atoms with Crippen LogP contribution in [0.25, 0.3) is 21.7 Å². The first-order valence-corrected chi connectivity index (χ1v) is 12.8. The predicted molar refractivity (Wildman–Crippen MR) is 136 cm³/mol. The number of hydrogen-bond donors (Lipinski definition) is 1. The van der Waals surface area contributed by atoms with Gasteiger partial charge in [0.15, 0.2) is 10.8 Å². The molecule has 3 heterocycles. The highest BCUT2D eigenvalue weighted by molar-refractivity contribution is 7.14. The molecule has 6 nitrogen and oxygen atoms in total. The van der Waals surface area contributed by atoms with Gasteiger partial charge in [0.1, 0.15) is 29.1 Å². The first-order valence-electron chi connectivity index (χ1n) is 11.3. The lowest BCUT2D eigenvalue weighted by atomic mass is 9.89. The zero-order valence-corrected chi connectivity index (χ0v) is 21.0. The lowest BCUT2D eigenvalue weighted by Crippen LogP contribution is -2.40. The van der Waals surface area contributed by atoms with Crippen molar-refractivity contribution in [1.82, 2.24) is 15.1 Å². The molecule has 1 fully saturated rings. The third-order valence-corrected chi connectivity index (χ3v) is 7.75. The molecule has 0 saturated carbocycles. The van der Waals surface area contributed by atoms with Crippen molar-refractivity contribution >= 4 is 45.5 Å². The fraction of sp³-hybridized carbons (Fsp3) is 0.360. The molecule has 5 rings (SSSR count). The molecule has 2 aromatic heterocycles. The van der Waals surface area contributed by atoms with E-state index in [1.807, 2.05) is 43.3 Å². The van der Waals surface area contributed by atoms with Gasteiger partial charge in [-0.3, -0.25) is 0 Å². The van der Waals surface area contributed by atoms with Gasteiger partial charge in [0.05, 0.1) is 15.4 Å². The molecule has 0 radical (unpaired) electrons. The molecule has 0 spiro atoms. The number of halogens is 2. The largest absolute Gasteiger partial charge is 0.490 e. The maximum atomic E-state index is 10.6. The highest BCUT2D eigenvalue weighted by Gasteiger charge is 2.23. The van der Waals surface area contributed by atoms with E-state index in [1.165, 1.54) is 16.9 Å². The number of benzene rings is 2. The molecule has 0 amide bonds. The van der Waals surface area contributed by atoms with Crippen molar-refractivity contribution in [2.24, 2.45) is 0 Å². The summed E-state index contributed by atoms with van der Waals surface area (Å²) in [4.78, 5) is 2.29. The number of aryl methyl sites for hydroxylation is 1. The quantitative estimate of drug-likeness (QED) is 0.315. The van der Waals surface area contributed by atoms with Crippen molar-refractivity contribution in [1.29, 1.82) is 0 Å². The van der Waals surface area contributed by atoms with Gasteiger partial charge in [-0.05, 0) is 74.7 Å². The van der Waals surface area contributed by atoms with Gasteiger partial charge in [0.2, 0.25) is 0 Å². The molecule has 0 unspecified atom stereocenters. The topological polar surface area (TPSA) is 71.6 Å². The number of β-amino-alcohol motifs (C(OH)–C–C–N with tert-alkyl or cyclic N) is 1. The Kier molecular flexibility index (Phi) is 7.09. The number of furan rings is 1. The second-order valence-corrected chi connectivity index (χ2v) is 10.6. The number of hydrogen-bond acceptors (Lipinski definition) is 7. The van der Waals surface area contributed by atoms with E-state index in [-0.39, 0.29) is 6.61 Å². The van der Waals surface area contributed by atoms with Gasteiger partial charge in [0, 0.05) is 6.54 Å². The molecule has 1 atom stereocenters. The van der Waals surface area contributed by atoms with E-state index in [9.17, 15) is 5.11 Å². The monoisotopic (exact) mass is 517 g/mol. The van der Waals surface area contributed by atoms with Crippen molar-refractivity contribution in [2.75, 3.05) is 26.2 Å². The Hall–Kier alpha value is -2.16. The fourth-order valence-electron chi connectivity index (χ4n) is 4.41. The number of aromatic nitrogens is 2. The van der Waals surface area contributed by atoms with Crippen LogP contribution >= 0.6 is 34.5 Å². The van der Waals surface area contributed by atoms with Crippen molar-refractivity contribution in [2.45, 2.75) is 31.8 Å². The Balaban J connectivity index is 1.16. The summed E-state index contributed by atoms with van der Waals surface area (Å²) in [7, 11) is 0. The van der Waals surface area contributed by atoms with Gasteiger partial charge >= 0.3 is 0 Å². The fourth-order valence-corrected chi connectivity index (χ4v) is 5.36. The minimum atomic E-state index is -0.589. The smallest absolute Gasteiger partial charge is 0.183 e. The van der Waals surface area contributed by atoms with Crippen LogP contribution in [0.15, 0.2) is 46.9 Å². The van der Waals surface area contributed by atoms with Gasteiger partial charge in [-0.15, -0.1) is 10.2 Å². The molecule has 34 heavy (non-hydrogen) atoms. The molecule has 1 aliphatic heterocycles. The Morgan fingerprint density at radius 1 is 1.15 bits per heavy atom.